The van der Waals surface area contributed by atoms with Crippen molar-refractivity contribution < 1.29 is 24.5 Å². The highest BCUT2D eigenvalue weighted by Crippen LogP contribution is 2.21. The normalized spacial score (nSPS) is 10.4. The first-order chi connectivity index (χ1) is 12.0. The van der Waals surface area contributed by atoms with Crippen molar-refractivity contribution in [2.24, 2.45) is 0 Å². The van der Waals surface area contributed by atoms with Gasteiger partial charge in [0.1, 0.15) is 5.69 Å². The minimum atomic E-state index is -1.24. The molecule has 3 rings (SSSR count). The Bertz CT molecular complexity index is 935. The van der Waals surface area contributed by atoms with Crippen LogP contribution in [0.4, 0.5) is 0 Å². The van der Waals surface area contributed by atoms with E-state index in [9.17, 15) is 9.59 Å². The first-order valence-electron chi connectivity index (χ1n) is 6.76. The lowest BCUT2D eigenvalue weighted by Gasteiger charge is -2.06. The first kappa shape index (κ1) is 16.0. The molecular formula is C14H10N6O5. The fourth-order valence-corrected chi connectivity index (χ4v) is 1.95. The Balaban J connectivity index is 2.11. The van der Waals surface area contributed by atoms with Gasteiger partial charge in [-0.3, -0.25) is 4.98 Å². The molecule has 0 aromatic carbocycles. The van der Waals surface area contributed by atoms with Crippen LogP contribution in [0.15, 0.2) is 30.6 Å². The summed E-state index contributed by atoms with van der Waals surface area (Å²) in [6.45, 7) is 0. The zero-order chi connectivity index (χ0) is 18.0. The molecule has 11 nitrogen and oxygen atoms in total. The molecule has 0 unspecified atom stereocenters. The van der Waals surface area contributed by atoms with Crippen molar-refractivity contribution in [2.45, 2.75) is 0 Å². The highest BCUT2D eigenvalue weighted by atomic mass is 16.5. The van der Waals surface area contributed by atoms with E-state index >= 15 is 0 Å². The molecule has 11 heteroatoms. The van der Waals surface area contributed by atoms with E-state index in [0.29, 0.717) is 0 Å². The third kappa shape index (κ3) is 3.10. The van der Waals surface area contributed by atoms with E-state index in [-0.39, 0.29) is 34.5 Å². The van der Waals surface area contributed by atoms with Gasteiger partial charge in [0.25, 0.3) is 0 Å². The quantitative estimate of drug-likeness (QED) is 0.670. The maximum Gasteiger partial charge on any atom is 0.356 e. The topological polar surface area (TPSA) is 153 Å². The lowest BCUT2D eigenvalue weighted by Crippen LogP contribution is -2.07. The van der Waals surface area contributed by atoms with Gasteiger partial charge < -0.3 is 14.9 Å². The van der Waals surface area contributed by atoms with Crippen LogP contribution >= 0.6 is 0 Å². The summed E-state index contributed by atoms with van der Waals surface area (Å²) in [6.07, 6.45) is 2.27. The van der Waals surface area contributed by atoms with Gasteiger partial charge in [-0.15, -0.1) is 10.2 Å². The van der Waals surface area contributed by atoms with Crippen LogP contribution in [0.3, 0.4) is 0 Å². The van der Waals surface area contributed by atoms with Gasteiger partial charge in [0.2, 0.25) is 5.88 Å². The Morgan fingerprint density at radius 3 is 2.32 bits per heavy atom. The van der Waals surface area contributed by atoms with Crippen LogP contribution in [0.2, 0.25) is 0 Å². The van der Waals surface area contributed by atoms with Gasteiger partial charge in [0.05, 0.1) is 25.2 Å². The zero-order valence-corrected chi connectivity index (χ0v) is 12.7. The number of nitrogens with zero attached hydrogens (tertiary/aromatic N) is 6. The van der Waals surface area contributed by atoms with Crippen molar-refractivity contribution in [1.82, 2.24) is 29.9 Å². The van der Waals surface area contributed by atoms with Crippen LogP contribution in [-0.2, 0) is 0 Å². The number of rotatable bonds is 5. The summed E-state index contributed by atoms with van der Waals surface area (Å²) >= 11 is 0. The monoisotopic (exact) mass is 342 g/mol. The molecular weight excluding hydrogens is 332 g/mol. The van der Waals surface area contributed by atoms with Crippen molar-refractivity contribution in [3.05, 3.63) is 42.0 Å². The van der Waals surface area contributed by atoms with Crippen molar-refractivity contribution in [1.29, 1.82) is 0 Å². The molecule has 0 aliphatic carbocycles. The van der Waals surface area contributed by atoms with Crippen molar-refractivity contribution in [2.75, 3.05) is 7.11 Å². The maximum atomic E-state index is 11.2. The SMILES string of the molecule is COc1ccc(-n2nc(C(=O)O)cc2-c2cnc(C(=O)O)cn2)nn1. The van der Waals surface area contributed by atoms with Crippen molar-refractivity contribution >= 4 is 11.9 Å². The largest absolute Gasteiger partial charge is 0.480 e. The Kier molecular flexibility index (Phi) is 4.04. The smallest absolute Gasteiger partial charge is 0.356 e. The number of aromatic carboxylic acids is 2. The third-order valence-electron chi connectivity index (χ3n) is 3.11. The van der Waals surface area contributed by atoms with Gasteiger partial charge in [-0.2, -0.15) is 5.10 Å². The molecule has 25 heavy (non-hydrogen) atoms. The molecule has 3 aromatic rings. The number of carboxylic acid groups (broad SMARTS) is 2. The lowest BCUT2D eigenvalue weighted by molar-refractivity contribution is 0.0679. The molecule has 0 aliphatic heterocycles. The highest BCUT2D eigenvalue weighted by Gasteiger charge is 2.18. The minimum Gasteiger partial charge on any atom is -0.480 e. The van der Waals surface area contributed by atoms with Gasteiger partial charge in [0.15, 0.2) is 17.2 Å². The summed E-state index contributed by atoms with van der Waals surface area (Å²) in [5.74, 6) is -1.95. The molecule has 0 spiro atoms. The summed E-state index contributed by atoms with van der Waals surface area (Å²) < 4.78 is 6.15. The predicted molar refractivity (Wildman–Crippen MR) is 80.7 cm³/mol. The predicted octanol–water partition coefficient (Wildman–Crippen LogP) is 0.524. The number of hydrogen-bond donors (Lipinski definition) is 2. The molecule has 2 N–H and O–H groups in total. The Hall–Kier alpha value is -3.89. The average molecular weight is 342 g/mol. The standard InChI is InChI=1S/C14H10N6O5/c1-25-12-3-2-11(17-18-12)20-10(4-7(19-20)13(21)22)8-5-16-9(6-15-8)14(23)24/h2-6H,1H3,(H,21,22)(H,23,24). The van der Waals surface area contributed by atoms with Crippen LogP contribution in [-0.4, -0.2) is 59.2 Å². The summed E-state index contributed by atoms with van der Waals surface area (Å²) in [4.78, 5) is 29.8. The minimum absolute atomic E-state index is 0.225. The van der Waals surface area contributed by atoms with E-state index in [0.717, 1.165) is 6.20 Å². The molecule has 3 aromatic heterocycles. The van der Waals surface area contributed by atoms with Crippen molar-refractivity contribution in [3.8, 4) is 23.1 Å². The van der Waals surface area contributed by atoms with Gasteiger partial charge in [-0.05, 0) is 6.07 Å². The van der Waals surface area contributed by atoms with E-state index < -0.39 is 11.9 Å². The molecule has 0 radical (unpaired) electrons. The van der Waals surface area contributed by atoms with Crippen molar-refractivity contribution in [3.63, 3.8) is 0 Å². The number of carboxylic acids is 2. The number of hydrogen-bond acceptors (Lipinski definition) is 8. The van der Waals surface area contributed by atoms with Crippen LogP contribution in [0.5, 0.6) is 5.88 Å². The van der Waals surface area contributed by atoms with E-state index in [1.54, 1.807) is 0 Å². The molecule has 0 saturated heterocycles. The number of aromatic nitrogens is 6. The van der Waals surface area contributed by atoms with E-state index in [4.69, 9.17) is 14.9 Å². The lowest BCUT2D eigenvalue weighted by atomic mass is 10.2. The molecule has 0 fully saturated rings. The van der Waals surface area contributed by atoms with Gasteiger partial charge in [-0.25, -0.2) is 19.3 Å². The summed E-state index contributed by atoms with van der Waals surface area (Å²) in [7, 11) is 1.44. The molecule has 0 aliphatic rings. The number of methoxy groups -OCH3 is 1. The Labute approximate surface area is 139 Å². The average Bonchev–Trinajstić information content (AvgIpc) is 3.07. The fourth-order valence-electron chi connectivity index (χ4n) is 1.95. The van der Waals surface area contributed by atoms with Gasteiger partial charge >= 0.3 is 11.9 Å². The van der Waals surface area contributed by atoms with Gasteiger partial charge in [0, 0.05) is 12.1 Å². The second-order valence-corrected chi connectivity index (χ2v) is 4.66. The van der Waals surface area contributed by atoms with Crippen LogP contribution in [0, 0.1) is 0 Å². The Morgan fingerprint density at radius 1 is 1.04 bits per heavy atom. The molecule has 0 saturated carbocycles. The second-order valence-electron chi connectivity index (χ2n) is 4.66. The molecule has 0 bridgehead atoms. The summed E-state index contributed by atoms with van der Waals surface area (Å²) in [5, 5.41) is 29.7. The molecule has 3 heterocycles. The Morgan fingerprint density at radius 2 is 1.80 bits per heavy atom. The molecule has 126 valence electrons. The van der Waals surface area contributed by atoms with Crippen LogP contribution in [0.25, 0.3) is 17.2 Å². The highest BCUT2D eigenvalue weighted by molar-refractivity contribution is 5.87. The van der Waals surface area contributed by atoms with E-state index in [2.05, 4.69) is 25.3 Å². The first-order valence-corrected chi connectivity index (χ1v) is 6.76. The fraction of sp³-hybridized carbons (Fsp3) is 0.0714. The molecule has 0 atom stereocenters. The van der Waals surface area contributed by atoms with E-state index in [1.807, 2.05) is 0 Å². The maximum absolute atomic E-state index is 11.2. The third-order valence-corrected chi connectivity index (χ3v) is 3.11. The van der Waals surface area contributed by atoms with Crippen LogP contribution < -0.4 is 4.74 Å². The number of carbonyl (C=O) groups is 2. The zero-order valence-electron chi connectivity index (χ0n) is 12.7. The van der Waals surface area contributed by atoms with Crippen LogP contribution in [0.1, 0.15) is 21.0 Å². The second kappa shape index (κ2) is 6.31. The molecule has 0 amide bonds. The van der Waals surface area contributed by atoms with Gasteiger partial charge in [-0.1, -0.05) is 0 Å². The number of ether oxygens (including phenoxy) is 1. The summed E-state index contributed by atoms with van der Waals surface area (Å²) in [6, 6.07) is 4.35. The van der Waals surface area contributed by atoms with E-state index in [1.165, 1.54) is 36.2 Å². The summed E-state index contributed by atoms with van der Waals surface area (Å²) in [5.41, 5.74) is 0.0122.